The van der Waals surface area contributed by atoms with E-state index in [1.165, 1.54) is 6.26 Å². The lowest BCUT2D eigenvalue weighted by atomic mass is 10.2. The molecule has 3 N–H and O–H groups in total. The number of furan rings is 1. The van der Waals surface area contributed by atoms with Gasteiger partial charge in [0, 0.05) is 13.2 Å². The van der Waals surface area contributed by atoms with Crippen molar-refractivity contribution in [3.63, 3.8) is 0 Å². The summed E-state index contributed by atoms with van der Waals surface area (Å²) in [5, 5.41) is 0. The van der Waals surface area contributed by atoms with Crippen molar-refractivity contribution in [1.82, 2.24) is 10.3 Å². The highest BCUT2D eigenvalue weighted by molar-refractivity contribution is 5.93. The first-order valence-electron chi connectivity index (χ1n) is 5.36. The van der Waals surface area contributed by atoms with Gasteiger partial charge in [-0.15, -0.1) is 0 Å². The predicted octanol–water partition coefficient (Wildman–Crippen LogP) is 0.350. The Balaban J connectivity index is 2.57. The number of hydrogen-bond donors (Lipinski definition) is 2. The molecular formula is C11H19N3O3. The number of hydrazine groups is 1. The molecule has 1 amide bonds. The van der Waals surface area contributed by atoms with E-state index in [-0.39, 0.29) is 11.9 Å². The number of nitrogen functional groups attached to an aromatic ring is 1. The summed E-state index contributed by atoms with van der Waals surface area (Å²) in [5.41, 5.74) is 2.48. The molecule has 96 valence electrons. The first kappa shape index (κ1) is 13.7. The smallest absolute Gasteiger partial charge is 0.268 e. The molecule has 0 aliphatic rings. The van der Waals surface area contributed by atoms with Gasteiger partial charge in [-0.3, -0.25) is 15.1 Å². The van der Waals surface area contributed by atoms with E-state index in [4.69, 9.17) is 15.0 Å². The Morgan fingerprint density at radius 2 is 2.41 bits per heavy atom. The molecule has 0 bridgehead atoms. The van der Waals surface area contributed by atoms with Crippen molar-refractivity contribution in [2.24, 2.45) is 5.84 Å². The number of rotatable bonds is 6. The highest BCUT2D eigenvalue weighted by Crippen LogP contribution is 2.11. The Morgan fingerprint density at radius 3 is 3.00 bits per heavy atom. The van der Waals surface area contributed by atoms with Crippen LogP contribution in [-0.2, 0) is 11.3 Å². The number of likely N-dealkylation sites (N-methyl/N-ethyl adjacent to an activating group) is 1. The normalized spacial score (nSPS) is 12.8. The zero-order valence-electron chi connectivity index (χ0n) is 10.4. The number of nitrogens with one attached hydrogen (secondary N) is 1. The van der Waals surface area contributed by atoms with E-state index in [2.05, 4.69) is 17.2 Å². The Kier molecular flexibility index (Phi) is 5.14. The van der Waals surface area contributed by atoms with E-state index in [1.54, 1.807) is 13.2 Å². The average molecular weight is 241 g/mol. The van der Waals surface area contributed by atoms with Crippen LogP contribution in [0.2, 0.25) is 0 Å². The Bertz CT molecular complexity index is 365. The van der Waals surface area contributed by atoms with Crippen LogP contribution in [0.3, 0.4) is 0 Å². The largest absolute Gasteiger partial charge is 0.467 e. The maximum Gasteiger partial charge on any atom is 0.268 e. The van der Waals surface area contributed by atoms with Crippen LogP contribution in [0, 0.1) is 0 Å². The van der Waals surface area contributed by atoms with Crippen LogP contribution >= 0.6 is 0 Å². The summed E-state index contributed by atoms with van der Waals surface area (Å²) in [6.45, 7) is 3.32. The quantitative estimate of drug-likeness (QED) is 0.427. The first-order valence-corrected chi connectivity index (χ1v) is 5.36. The Morgan fingerprint density at radius 1 is 1.71 bits per heavy atom. The Labute approximate surface area is 101 Å². The van der Waals surface area contributed by atoms with E-state index in [1.807, 2.05) is 7.05 Å². The fourth-order valence-electron chi connectivity index (χ4n) is 1.44. The third-order valence-corrected chi connectivity index (χ3v) is 2.61. The van der Waals surface area contributed by atoms with Gasteiger partial charge in [0.25, 0.3) is 5.91 Å². The fourth-order valence-corrected chi connectivity index (χ4v) is 1.44. The lowest BCUT2D eigenvalue weighted by Crippen LogP contribution is -2.32. The molecule has 0 fully saturated rings. The molecule has 1 atom stereocenters. The first-order chi connectivity index (χ1) is 8.08. The van der Waals surface area contributed by atoms with Crippen LogP contribution in [0.15, 0.2) is 16.7 Å². The van der Waals surface area contributed by atoms with Gasteiger partial charge in [0.05, 0.1) is 18.7 Å². The number of amides is 1. The molecule has 0 saturated carbocycles. The fraction of sp³-hybridized carbons (Fsp3) is 0.545. The molecule has 0 saturated heterocycles. The van der Waals surface area contributed by atoms with Crippen LogP contribution in [0.5, 0.6) is 0 Å². The van der Waals surface area contributed by atoms with Crippen molar-refractivity contribution < 1.29 is 13.9 Å². The van der Waals surface area contributed by atoms with E-state index in [0.717, 1.165) is 0 Å². The average Bonchev–Trinajstić information content (AvgIpc) is 2.76. The van der Waals surface area contributed by atoms with E-state index < -0.39 is 0 Å². The van der Waals surface area contributed by atoms with Crippen molar-refractivity contribution in [3.05, 3.63) is 23.7 Å². The van der Waals surface area contributed by atoms with Gasteiger partial charge < -0.3 is 9.15 Å². The lowest BCUT2D eigenvalue weighted by Gasteiger charge is -2.22. The van der Waals surface area contributed by atoms with Crippen molar-refractivity contribution in [2.45, 2.75) is 19.5 Å². The zero-order chi connectivity index (χ0) is 12.8. The van der Waals surface area contributed by atoms with Crippen LogP contribution in [0.4, 0.5) is 0 Å². The van der Waals surface area contributed by atoms with Gasteiger partial charge in [-0.2, -0.15) is 0 Å². The minimum absolute atomic E-state index is 0.275. The van der Waals surface area contributed by atoms with Gasteiger partial charge in [-0.25, -0.2) is 5.84 Å². The van der Waals surface area contributed by atoms with Crippen molar-refractivity contribution in [2.75, 3.05) is 20.8 Å². The maximum atomic E-state index is 11.2. The van der Waals surface area contributed by atoms with E-state index in [9.17, 15) is 4.79 Å². The second kappa shape index (κ2) is 6.39. The third-order valence-electron chi connectivity index (χ3n) is 2.61. The molecule has 6 nitrogen and oxygen atoms in total. The van der Waals surface area contributed by atoms with Gasteiger partial charge in [-0.05, 0) is 20.0 Å². The molecule has 17 heavy (non-hydrogen) atoms. The zero-order valence-corrected chi connectivity index (χ0v) is 10.4. The number of carbonyl (C=O) groups is 1. The maximum absolute atomic E-state index is 11.2. The molecule has 6 heteroatoms. The minimum Gasteiger partial charge on any atom is -0.467 e. The highest BCUT2D eigenvalue weighted by atomic mass is 16.5. The van der Waals surface area contributed by atoms with Crippen molar-refractivity contribution in [1.29, 1.82) is 0 Å². The summed E-state index contributed by atoms with van der Waals surface area (Å²) in [6.07, 6.45) is 1.40. The molecular weight excluding hydrogens is 222 g/mol. The lowest BCUT2D eigenvalue weighted by molar-refractivity contribution is 0.0953. The summed E-state index contributed by atoms with van der Waals surface area (Å²) in [6, 6.07) is 1.95. The molecule has 0 aliphatic carbocycles. The van der Waals surface area contributed by atoms with E-state index >= 15 is 0 Å². The van der Waals surface area contributed by atoms with Crippen LogP contribution < -0.4 is 11.3 Å². The monoisotopic (exact) mass is 241 g/mol. The van der Waals surface area contributed by atoms with Gasteiger partial charge >= 0.3 is 0 Å². The Hall–Kier alpha value is -1.37. The van der Waals surface area contributed by atoms with Crippen LogP contribution in [0.25, 0.3) is 0 Å². The number of ether oxygens (including phenoxy) is 1. The van der Waals surface area contributed by atoms with Gasteiger partial charge in [-0.1, -0.05) is 0 Å². The van der Waals surface area contributed by atoms with Crippen LogP contribution in [0.1, 0.15) is 23.0 Å². The summed E-state index contributed by atoms with van der Waals surface area (Å²) < 4.78 is 10.4. The third kappa shape index (κ3) is 3.85. The molecule has 0 spiro atoms. The molecule has 0 aromatic carbocycles. The second-order valence-corrected chi connectivity index (χ2v) is 3.99. The highest BCUT2D eigenvalue weighted by Gasteiger charge is 2.13. The summed E-state index contributed by atoms with van der Waals surface area (Å²) in [5.74, 6) is 5.40. The number of hydrogen-bond acceptors (Lipinski definition) is 5. The molecule has 0 aliphatic heterocycles. The molecule has 0 radical (unpaired) electrons. The van der Waals surface area contributed by atoms with Crippen molar-refractivity contribution >= 4 is 5.91 Å². The molecule has 1 aromatic rings. The molecule has 1 rings (SSSR count). The predicted molar refractivity (Wildman–Crippen MR) is 63.2 cm³/mol. The molecule has 1 unspecified atom stereocenters. The number of methoxy groups -OCH3 is 1. The number of nitrogens with two attached hydrogens (primary N) is 1. The standard InChI is InChI=1S/C11H19N3O3/c1-8(6-16-3)14(2)5-10-4-9(7-17-10)11(15)13-12/h4,7-8H,5-6,12H2,1-3H3,(H,13,15). The summed E-state index contributed by atoms with van der Waals surface area (Å²) in [4.78, 5) is 13.3. The van der Waals surface area contributed by atoms with Crippen LogP contribution in [-0.4, -0.2) is 37.6 Å². The van der Waals surface area contributed by atoms with E-state index in [0.29, 0.717) is 24.5 Å². The number of nitrogens with zero attached hydrogens (tertiary/aromatic N) is 1. The summed E-state index contributed by atoms with van der Waals surface area (Å²) in [7, 11) is 3.63. The van der Waals surface area contributed by atoms with Gasteiger partial charge in [0.2, 0.25) is 0 Å². The van der Waals surface area contributed by atoms with Gasteiger partial charge in [0.1, 0.15) is 12.0 Å². The topological polar surface area (TPSA) is 80.7 Å². The minimum atomic E-state index is -0.354. The molecule has 1 heterocycles. The SMILES string of the molecule is COCC(C)N(C)Cc1cc(C(=O)NN)co1. The molecule has 1 aromatic heterocycles. The van der Waals surface area contributed by atoms with Crippen molar-refractivity contribution in [3.8, 4) is 0 Å². The van der Waals surface area contributed by atoms with Gasteiger partial charge in [0.15, 0.2) is 0 Å². The summed E-state index contributed by atoms with van der Waals surface area (Å²) >= 11 is 0. The number of carbonyl (C=O) groups excluding carboxylic acids is 1. The second-order valence-electron chi connectivity index (χ2n) is 3.99.